The Kier molecular flexibility index (Phi) is 4.91. The van der Waals surface area contributed by atoms with Crippen LogP contribution >= 0.6 is 23.2 Å². The first-order valence-corrected chi connectivity index (χ1v) is 6.91. The Morgan fingerprint density at radius 2 is 2.11 bits per heavy atom. The molecule has 1 fully saturated rings. The Labute approximate surface area is 122 Å². The van der Waals surface area contributed by atoms with Crippen molar-refractivity contribution in [2.45, 2.75) is 13.0 Å². The predicted octanol–water partition coefficient (Wildman–Crippen LogP) is 2.19. The third kappa shape index (κ3) is 4.00. The van der Waals surface area contributed by atoms with E-state index in [4.69, 9.17) is 27.9 Å². The van der Waals surface area contributed by atoms with Gasteiger partial charge in [0.25, 0.3) is 5.91 Å². The van der Waals surface area contributed by atoms with Crippen molar-refractivity contribution >= 4 is 29.1 Å². The number of hydrogen-bond acceptors (Lipinski definition) is 3. The minimum absolute atomic E-state index is 0.00100. The zero-order chi connectivity index (χ0) is 13.8. The maximum atomic E-state index is 12.1. The summed E-state index contributed by atoms with van der Waals surface area (Å²) in [6.07, 6.45) is 0. The number of halogens is 2. The highest BCUT2D eigenvalue weighted by atomic mass is 35.5. The maximum Gasteiger partial charge on any atom is 0.260 e. The Balaban J connectivity index is 1.92. The molecule has 0 aromatic heterocycles. The lowest BCUT2D eigenvalue weighted by Crippen LogP contribution is -2.53. The van der Waals surface area contributed by atoms with Crippen LogP contribution in [0.5, 0.6) is 5.75 Å². The van der Waals surface area contributed by atoms with Gasteiger partial charge in [0.05, 0.1) is 0 Å². The van der Waals surface area contributed by atoms with E-state index in [2.05, 4.69) is 5.32 Å². The fourth-order valence-electron chi connectivity index (χ4n) is 2.05. The van der Waals surface area contributed by atoms with Gasteiger partial charge in [0.15, 0.2) is 6.61 Å². The topological polar surface area (TPSA) is 41.6 Å². The first-order valence-electron chi connectivity index (χ1n) is 6.15. The number of carbonyl (C=O) groups excluding carboxylic acids is 1. The lowest BCUT2D eigenvalue weighted by atomic mass is 10.2. The molecule has 1 heterocycles. The van der Waals surface area contributed by atoms with E-state index in [9.17, 15) is 4.79 Å². The minimum atomic E-state index is -0.0231. The summed E-state index contributed by atoms with van der Waals surface area (Å²) in [7, 11) is 0. The summed E-state index contributed by atoms with van der Waals surface area (Å²) >= 11 is 11.7. The van der Waals surface area contributed by atoms with E-state index in [1.54, 1.807) is 18.2 Å². The number of rotatable bonds is 3. The van der Waals surface area contributed by atoms with Crippen molar-refractivity contribution in [2.24, 2.45) is 0 Å². The van der Waals surface area contributed by atoms with Gasteiger partial charge in [-0.1, -0.05) is 23.2 Å². The molecule has 0 radical (unpaired) electrons. The Bertz CT molecular complexity index is 448. The molecule has 1 aromatic rings. The fraction of sp³-hybridized carbons (Fsp3) is 0.462. The Morgan fingerprint density at radius 1 is 1.42 bits per heavy atom. The molecule has 19 heavy (non-hydrogen) atoms. The van der Waals surface area contributed by atoms with Gasteiger partial charge < -0.3 is 15.0 Å². The first kappa shape index (κ1) is 14.4. The Hall–Kier alpha value is -0.970. The second kappa shape index (κ2) is 6.46. The quantitative estimate of drug-likeness (QED) is 0.930. The standard InChI is InChI=1S/C13H16Cl2N2O2/c1-9-7-16-2-3-17(9)13(18)8-19-12-5-10(14)4-11(15)6-12/h4-6,9,16H,2-3,7-8H2,1H3. The van der Waals surface area contributed by atoms with Gasteiger partial charge in [0.2, 0.25) is 0 Å². The molecule has 1 aliphatic heterocycles. The third-order valence-electron chi connectivity index (χ3n) is 3.02. The van der Waals surface area contributed by atoms with Gasteiger partial charge in [-0.05, 0) is 25.1 Å². The summed E-state index contributed by atoms with van der Waals surface area (Å²) in [5, 5.41) is 4.22. The molecule has 2 rings (SSSR count). The number of nitrogens with one attached hydrogen (secondary N) is 1. The number of piperazine rings is 1. The molecule has 0 bridgehead atoms. The number of benzene rings is 1. The zero-order valence-corrected chi connectivity index (χ0v) is 12.2. The largest absolute Gasteiger partial charge is 0.484 e. The number of amides is 1. The van der Waals surface area contributed by atoms with Crippen molar-refractivity contribution in [3.8, 4) is 5.75 Å². The normalized spacial score (nSPS) is 19.3. The number of nitrogens with zero attached hydrogens (tertiary/aromatic N) is 1. The summed E-state index contributed by atoms with van der Waals surface area (Å²) < 4.78 is 5.45. The fourth-order valence-corrected chi connectivity index (χ4v) is 2.56. The second-order valence-electron chi connectivity index (χ2n) is 4.53. The van der Waals surface area contributed by atoms with Crippen LogP contribution < -0.4 is 10.1 Å². The van der Waals surface area contributed by atoms with Gasteiger partial charge in [0, 0.05) is 35.7 Å². The van der Waals surface area contributed by atoms with Gasteiger partial charge in [0.1, 0.15) is 5.75 Å². The van der Waals surface area contributed by atoms with Crippen LogP contribution in [0, 0.1) is 0 Å². The van der Waals surface area contributed by atoms with Crippen LogP contribution in [0.1, 0.15) is 6.92 Å². The summed E-state index contributed by atoms with van der Waals surface area (Å²) in [6, 6.07) is 5.09. The molecule has 0 aliphatic carbocycles. The smallest absolute Gasteiger partial charge is 0.260 e. The SMILES string of the molecule is CC1CNCCN1C(=O)COc1cc(Cl)cc(Cl)c1. The highest BCUT2D eigenvalue weighted by Crippen LogP contribution is 2.24. The number of ether oxygens (including phenoxy) is 1. The molecule has 1 atom stereocenters. The molecule has 104 valence electrons. The van der Waals surface area contributed by atoms with E-state index in [0.29, 0.717) is 22.3 Å². The van der Waals surface area contributed by atoms with Crippen molar-refractivity contribution in [2.75, 3.05) is 26.2 Å². The highest BCUT2D eigenvalue weighted by Gasteiger charge is 2.23. The summed E-state index contributed by atoms with van der Waals surface area (Å²) in [5.41, 5.74) is 0. The van der Waals surface area contributed by atoms with Crippen LogP contribution in [0.25, 0.3) is 0 Å². The van der Waals surface area contributed by atoms with Crippen molar-refractivity contribution in [3.63, 3.8) is 0 Å². The van der Waals surface area contributed by atoms with Crippen molar-refractivity contribution in [1.82, 2.24) is 10.2 Å². The second-order valence-corrected chi connectivity index (χ2v) is 5.41. The number of hydrogen-bond donors (Lipinski definition) is 1. The van der Waals surface area contributed by atoms with Crippen LogP contribution in [0.15, 0.2) is 18.2 Å². The van der Waals surface area contributed by atoms with E-state index >= 15 is 0 Å². The van der Waals surface area contributed by atoms with Crippen LogP contribution in [-0.2, 0) is 4.79 Å². The molecular weight excluding hydrogens is 287 g/mol. The zero-order valence-electron chi connectivity index (χ0n) is 10.7. The molecule has 4 nitrogen and oxygen atoms in total. The van der Waals surface area contributed by atoms with Gasteiger partial charge in [-0.15, -0.1) is 0 Å². The van der Waals surface area contributed by atoms with E-state index in [-0.39, 0.29) is 18.6 Å². The van der Waals surface area contributed by atoms with Crippen molar-refractivity contribution in [1.29, 1.82) is 0 Å². The summed E-state index contributed by atoms with van der Waals surface area (Å²) in [6.45, 7) is 4.36. The average Bonchev–Trinajstić information content (AvgIpc) is 2.35. The molecule has 0 spiro atoms. The summed E-state index contributed by atoms with van der Waals surface area (Å²) in [5.74, 6) is 0.485. The van der Waals surface area contributed by atoms with Crippen molar-refractivity contribution in [3.05, 3.63) is 28.2 Å². The van der Waals surface area contributed by atoms with Crippen LogP contribution in [0.4, 0.5) is 0 Å². The molecule has 1 aromatic carbocycles. The molecule has 1 unspecified atom stereocenters. The van der Waals surface area contributed by atoms with Crippen LogP contribution in [0.2, 0.25) is 10.0 Å². The van der Waals surface area contributed by atoms with Gasteiger partial charge >= 0.3 is 0 Å². The number of carbonyl (C=O) groups is 1. The average molecular weight is 303 g/mol. The molecule has 1 saturated heterocycles. The van der Waals surface area contributed by atoms with Crippen molar-refractivity contribution < 1.29 is 9.53 Å². The third-order valence-corrected chi connectivity index (χ3v) is 3.46. The molecule has 1 N–H and O–H groups in total. The highest BCUT2D eigenvalue weighted by molar-refractivity contribution is 6.34. The lowest BCUT2D eigenvalue weighted by Gasteiger charge is -2.33. The van der Waals surface area contributed by atoms with Gasteiger partial charge in [-0.2, -0.15) is 0 Å². The maximum absolute atomic E-state index is 12.1. The molecule has 6 heteroatoms. The first-order chi connectivity index (χ1) is 9.06. The molecule has 1 aliphatic rings. The van der Waals surface area contributed by atoms with E-state index < -0.39 is 0 Å². The van der Waals surface area contributed by atoms with Gasteiger partial charge in [-0.25, -0.2) is 0 Å². The monoisotopic (exact) mass is 302 g/mol. The van der Waals surface area contributed by atoms with E-state index in [1.807, 2.05) is 11.8 Å². The van der Waals surface area contributed by atoms with E-state index in [1.165, 1.54) is 0 Å². The summed E-state index contributed by atoms with van der Waals surface area (Å²) in [4.78, 5) is 13.9. The lowest BCUT2D eigenvalue weighted by molar-refractivity contribution is -0.136. The molecule has 1 amide bonds. The van der Waals surface area contributed by atoms with Gasteiger partial charge in [-0.3, -0.25) is 4.79 Å². The Morgan fingerprint density at radius 3 is 2.74 bits per heavy atom. The molecule has 0 saturated carbocycles. The minimum Gasteiger partial charge on any atom is -0.484 e. The van der Waals surface area contributed by atoms with E-state index in [0.717, 1.165) is 13.1 Å². The predicted molar refractivity (Wildman–Crippen MR) is 76.0 cm³/mol. The van der Waals surface area contributed by atoms with Crippen LogP contribution in [-0.4, -0.2) is 43.1 Å². The van der Waals surface area contributed by atoms with Crippen LogP contribution in [0.3, 0.4) is 0 Å². The molecular formula is C13H16Cl2N2O2.